The number of hydrogen-bond acceptors (Lipinski definition) is 2. The number of aliphatic imine (C=N–C) groups is 1. The molecule has 0 aliphatic heterocycles. The lowest BCUT2D eigenvalue weighted by atomic mass is 9.68. The molecule has 0 spiro atoms. The fourth-order valence-electron chi connectivity index (χ4n) is 2.89. The van der Waals surface area contributed by atoms with Crippen LogP contribution in [0.3, 0.4) is 0 Å². The first-order valence-corrected chi connectivity index (χ1v) is 6.82. The lowest BCUT2D eigenvalue weighted by molar-refractivity contribution is 0.372. The van der Waals surface area contributed by atoms with Crippen molar-refractivity contribution in [2.45, 2.75) is 33.1 Å². The quantitative estimate of drug-likeness (QED) is 0.559. The minimum Gasteiger partial charge on any atom is -0.211 e. The molecular weight excluding hydrogens is 234 g/mol. The molecule has 0 radical (unpaired) electrons. The highest BCUT2D eigenvalue weighted by atomic mass is 16.1. The normalized spacial score (nSPS) is 16.6. The topological polar surface area (TPSA) is 29.4 Å². The Bertz CT molecular complexity index is 558. The van der Waals surface area contributed by atoms with E-state index in [4.69, 9.17) is 0 Å². The van der Waals surface area contributed by atoms with E-state index < -0.39 is 0 Å². The molecule has 0 saturated carbocycles. The molecular formula is C17H19NO. The van der Waals surface area contributed by atoms with Crippen LogP contribution in [0.1, 0.15) is 38.7 Å². The standard InChI is InChI=1S/C17H19NO/c1-3-17(4-2)12-8-7-10-15(17)14-9-5-6-11-16(14)18-13-19/h5-11H,3-4,12H2,1-2H3. The van der Waals surface area contributed by atoms with Gasteiger partial charge in [0, 0.05) is 5.56 Å². The third-order valence-corrected chi connectivity index (χ3v) is 4.19. The van der Waals surface area contributed by atoms with Gasteiger partial charge in [0.25, 0.3) is 0 Å². The molecule has 0 bridgehead atoms. The van der Waals surface area contributed by atoms with Crippen molar-refractivity contribution >= 4 is 17.3 Å². The molecule has 0 atom stereocenters. The summed E-state index contributed by atoms with van der Waals surface area (Å²) in [5.74, 6) is 0. The van der Waals surface area contributed by atoms with E-state index in [0.29, 0.717) is 5.69 Å². The van der Waals surface area contributed by atoms with Gasteiger partial charge < -0.3 is 0 Å². The van der Waals surface area contributed by atoms with Crippen molar-refractivity contribution in [3.05, 3.63) is 48.1 Å². The van der Waals surface area contributed by atoms with E-state index in [1.807, 2.05) is 24.3 Å². The number of hydrogen-bond donors (Lipinski definition) is 0. The Kier molecular flexibility index (Phi) is 4.13. The van der Waals surface area contributed by atoms with E-state index in [2.05, 4.69) is 37.1 Å². The minimum absolute atomic E-state index is 0.156. The fourth-order valence-corrected chi connectivity index (χ4v) is 2.89. The van der Waals surface area contributed by atoms with E-state index in [9.17, 15) is 4.79 Å². The molecule has 1 aliphatic carbocycles. The van der Waals surface area contributed by atoms with Gasteiger partial charge in [-0.15, -0.1) is 0 Å². The molecule has 1 aliphatic rings. The number of nitrogens with zero attached hydrogens (tertiary/aromatic N) is 1. The third-order valence-electron chi connectivity index (χ3n) is 4.19. The average Bonchev–Trinajstić information content (AvgIpc) is 2.48. The van der Waals surface area contributed by atoms with Crippen LogP contribution in [-0.2, 0) is 4.79 Å². The van der Waals surface area contributed by atoms with Gasteiger partial charge in [0.1, 0.15) is 0 Å². The monoisotopic (exact) mass is 253 g/mol. The highest BCUT2D eigenvalue weighted by Gasteiger charge is 2.32. The molecule has 98 valence electrons. The molecule has 0 aromatic heterocycles. The predicted molar refractivity (Wildman–Crippen MR) is 79.0 cm³/mol. The largest absolute Gasteiger partial charge is 0.240 e. The van der Waals surface area contributed by atoms with E-state index >= 15 is 0 Å². The van der Waals surface area contributed by atoms with Crippen LogP contribution in [0.4, 0.5) is 5.69 Å². The molecule has 2 nitrogen and oxygen atoms in total. The van der Waals surface area contributed by atoms with E-state index in [-0.39, 0.29) is 5.41 Å². The fraction of sp³-hybridized carbons (Fsp3) is 0.353. The van der Waals surface area contributed by atoms with Gasteiger partial charge in [-0.1, -0.05) is 50.3 Å². The molecule has 2 rings (SSSR count). The van der Waals surface area contributed by atoms with Crippen LogP contribution >= 0.6 is 0 Å². The summed E-state index contributed by atoms with van der Waals surface area (Å²) in [5, 5.41) is 0. The van der Waals surface area contributed by atoms with Gasteiger partial charge in [-0.3, -0.25) is 0 Å². The second-order valence-corrected chi connectivity index (χ2v) is 4.92. The van der Waals surface area contributed by atoms with E-state index in [1.54, 1.807) is 6.08 Å². The number of allylic oxidation sites excluding steroid dienone is 4. The van der Waals surface area contributed by atoms with Crippen molar-refractivity contribution < 1.29 is 4.79 Å². The SMILES string of the molecule is CCC1(CC)CC=CC=C1c1ccccc1N=C=O. The van der Waals surface area contributed by atoms with Gasteiger partial charge in [0.15, 0.2) is 0 Å². The van der Waals surface area contributed by atoms with Crippen molar-refractivity contribution in [2.75, 3.05) is 0 Å². The molecule has 1 aromatic rings. The first kappa shape index (κ1) is 13.5. The van der Waals surface area contributed by atoms with Crippen LogP contribution in [-0.4, -0.2) is 6.08 Å². The molecule has 0 saturated heterocycles. The van der Waals surface area contributed by atoms with Crippen LogP contribution in [0.25, 0.3) is 5.57 Å². The van der Waals surface area contributed by atoms with E-state index in [1.165, 1.54) is 5.57 Å². The smallest absolute Gasteiger partial charge is 0.211 e. The Morgan fingerprint density at radius 3 is 2.68 bits per heavy atom. The first-order chi connectivity index (χ1) is 9.27. The molecule has 0 unspecified atom stereocenters. The maximum absolute atomic E-state index is 10.6. The number of benzene rings is 1. The van der Waals surface area contributed by atoms with Gasteiger partial charge in [0.2, 0.25) is 6.08 Å². The maximum Gasteiger partial charge on any atom is 0.240 e. The van der Waals surface area contributed by atoms with Gasteiger partial charge in [-0.2, -0.15) is 4.99 Å². The number of carbonyl (C=O) groups excluding carboxylic acids is 1. The zero-order valence-electron chi connectivity index (χ0n) is 11.5. The van der Waals surface area contributed by atoms with Crippen LogP contribution in [0.2, 0.25) is 0 Å². The summed E-state index contributed by atoms with van der Waals surface area (Å²) in [6.07, 6.45) is 11.4. The molecule has 0 fully saturated rings. The maximum atomic E-state index is 10.6. The van der Waals surface area contributed by atoms with Crippen LogP contribution in [0.15, 0.2) is 47.5 Å². The Morgan fingerprint density at radius 1 is 1.26 bits per heavy atom. The minimum atomic E-state index is 0.156. The van der Waals surface area contributed by atoms with Crippen molar-refractivity contribution in [3.8, 4) is 0 Å². The van der Waals surface area contributed by atoms with Crippen molar-refractivity contribution in [1.29, 1.82) is 0 Å². The molecule has 19 heavy (non-hydrogen) atoms. The summed E-state index contributed by atoms with van der Waals surface area (Å²) in [6.45, 7) is 4.45. The van der Waals surface area contributed by atoms with Crippen molar-refractivity contribution in [2.24, 2.45) is 10.4 Å². The van der Waals surface area contributed by atoms with Crippen molar-refractivity contribution in [3.63, 3.8) is 0 Å². The summed E-state index contributed by atoms with van der Waals surface area (Å²) in [4.78, 5) is 14.4. The summed E-state index contributed by atoms with van der Waals surface area (Å²) in [5.41, 5.74) is 3.21. The lowest BCUT2D eigenvalue weighted by Crippen LogP contribution is -2.21. The summed E-state index contributed by atoms with van der Waals surface area (Å²) >= 11 is 0. The van der Waals surface area contributed by atoms with E-state index in [0.717, 1.165) is 24.8 Å². The van der Waals surface area contributed by atoms with Crippen molar-refractivity contribution in [1.82, 2.24) is 0 Å². The molecule has 1 aromatic carbocycles. The summed E-state index contributed by atoms with van der Waals surface area (Å²) in [7, 11) is 0. The van der Waals surface area contributed by atoms with Gasteiger partial charge in [-0.05, 0) is 36.3 Å². The Labute approximate surface area is 114 Å². The lowest BCUT2D eigenvalue weighted by Gasteiger charge is -2.36. The summed E-state index contributed by atoms with van der Waals surface area (Å²) < 4.78 is 0. The summed E-state index contributed by atoms with van der Waals surface area (Å²) in [6, 6.07) is 7.81. The van der Waals surface area contributed by atoms with Crippen LogP contribution in [0.5, 0.6) is 0 Å². The van der Waals surface area contributed by atoms with Gasteiger partial charge >= 0.3 is 0 Å². The Morgan fingerprint density at radius 2 is 2.00 bits per heavy atom. The number of rotatable bonds is 4. The second-order valence-electron chi connectivity index (χ2n) is 4.92. The van der Waals surface area contributed by atoms with Crippen LogP contribution in [0, 0.1) is 5.41 Å². The molecule has 0 N–H and O–H groups in total. The first-order valence-electron chi connectivity index (χ1n) is 6.82. The Balaban J connectivity index is 2.58. The molecule has 2 heteroatoms. The molecule has 0 heterocycles. The van der Waals surface area contributed by atoms with Gasteiger partial charge in [-0.25, -0.2) is 4.79 Å². The highest BCUT2D eigenvalue weighted by Crippen LogP contribution is 2.48. The average molecular weight is 253 g/mol. The molecule has 0 amide bonds. The number of isocyanates is 1. The number of para-hydroxylation sites is 1. The van der Waals surface area contributed by atoms with Gasteiger partial charge in [0.05, 0.1) is 5.69 Å². The zero-order valence-corrected chi connectivity index (χ0v) is 11.5. The third kappa shape index (κ3) is 2.45. The Hall–Kier alpha value is -1.92. The second kappa shape index (κ2) is 5.81. The zero-order chi connectivity index (χ0) is 13.7. The highest BCUT2D eigenvalue weighted by molar-refractivity contribution is 5.80. The van der Waals surface area contributed by atoms with Crippen LogP contribution < -0.4 is 0 Å². The predicted octanol–water partition coefficient (Wildman–Crippen LogP) is 4.80.